The van der Waals surface area contributed by atoms with Crippen LogP contribution in [0.25, 0.3) is 10.9 Å². The van der Waals surface area contributed by atoms with Gasteiger partial charge in [0.25, 0.3) is 5.92 Å². The highest BCUT2D eigenvalue weighted by molar-refractivity contribution is 5.84. The summed E-state index contributed by atoms with van der Waals surface area (Å²) in [5.74, 6) is -3.63. The number of halogens is 4. The Hall–Kier alpha value is -2.58. The molecule has 0 amide bonds. The smallest absolute Gasteiger partial charge is 0.257 e. The van der Waals surface area contributed by atoms with E-state index in [0.29, 0.717) is 17.6 Å². The molecule has 4 heterocycles. The second kappa shape index (κ2) is 10.3. The van der Waals surface area contributed by atoms with Crippen molar-refractivity contribution < 1.29 is 17.6 Å². The standard InChI is InChI=1S/C15H18F2N2.C14H18F2N2/c1-10-7-12-11-5-3-4-6-13(11)18-14(12)8-19(10)9-15(2,16)17;15-11-6-12(16)8-13(7-11)18-9-14(10-18)2-1-4-17-5-3-14/h3-6,10,18H,7-9H2,1-2H3;6-8,17H,1-5,9-10H2. The van der Waals surface area contributed by atoms with Gasteiger partial charge in [-0.1, -0.05) is 18.2 Å². The van der Waals surface area contributed by atoms with E-state index in [1.807, 2.05) is 30.0 Å². The lowest BCUT2D eigenvalue weighted by Gasteiger charge is -2.51. The van der Waals surface area contributed by atoms with Gasteiger partial charge >= 0.3 is 0 Å². The van der Waals surface area contributed by atoms with E-state index >= 15 is 0 Å². The number of hydrogen-bond acceptors (Lipinski definition) is 3. The molecule has 3 aromatic rings. The molecule has 1 unspecified atom stereocenters. The molecule has 0 aliphatic carbocycles. The zero-order valence-electron chi connectivity index (χ0n) is 21.6. The number of H-pyrrole nitrogens is 1. The third kappa shape index (κ3) is 5.96. The Labute approximate surface area is 216 Å². The summed E-state index contributed by atoms with van der Waals surface area (Å²) in [4.78, 5) is 7.31. The predicted octanol–water partition coefficient (Wildman–Crippen LogP) is 6.11. The molecule has 3 aliphatic heterocycles. The van der Waals surface area contributed by atoms with Crippen molar-refractivity contribution in [2.24, 2.45) is 5.41 Å². The van der Waals surface area contributed by atoms with Crippen LogP contribution in [0.15, 0.2) is 42.5 Å². The first-order valence-electron chi connectivity index (χ1n) is 13.2. The van der Waals surface area contributed by atoms with Gasteiger partial charge in [-0.05, 0) is 69.5 Å². The van der Waals surface area contributed by atoms with Crippen LogP contribution < -0.4 is 10.2 Å². The molecule has 2 saturated heterocycles. The molecule has 37 heavy (non-hydrogen) atoms. The number of hydrogen-bond donors (Lipinski definition) is 2. The van der Waals surface area contributed by atoms with Crippen LogP contribution in [0, 0.1) is 17.0 Å². The van der Waals surface area contributed by atoms with E-state index in [0.717, 1.165) is 56.8 Å². The molecule has 8 heteroatoms. The van der Waals surface area contributed by atoms with Crippen molar-refractivity contribution in [3.05, 3.63) is 65.4 Å². The van der Waals surface area contributed by atoms with Gasteiger partial charge in [-0.3, -0.25) is 4.90 Å². The maximum Gasteiger partial charge on any atom is 0.257 e. The average Bonchev–Trinajstić information content (AvgIpc) is 2.97. The van der Waals surface area contributed by atoms with Gasteiger partial charge in [0.15, 0.2) is 0 Å². The van der Waals surface area contributed by atoms with E-state index in [9.17, 15) is 17.6 Å². The number of benzene rings is 2. The Kier molecular flexibility index (Phi) is 7.24. The third-order valence-electron chi connectivity index (χ3n) is 8.02. The molecule has 2 fully saturated rings. The predicted molar refractivity (Wildman–Crippen MR) is 140 cm³/mol. The topological polar surface area (TPSA) is 34.3 Å². The lowest BCUT2D eigenvalue weighted by molar-refractivity contribution is -0.0293. The zero-order valence-corrected chi connectivity index (χ0v) is 21.6. The van der Waals surface area contributed by atoms with Crippen LogP contribution in [0.2, 0.25) is 0 Å². The van der Waals surface area contributed by atoms with Crippen LogP contribution in [0.1, 0.15) is 44.4 Å². The minimum Gasteiger partial charge on any atom is -0.370 e. The van der Waals surface area contributed by atoms with E-state index in [1.54, 1.807) is 0 Å². The SMILES string of the molecule is CC1Cc2c([nH]c3ccccc23)CN1CC(C)(F)F.Fc1cc(F)cc(N2CC3(CCCNCC3)C2)c1. The summed E-state index contributed by atoms with van der Waals surface area (Å²) in [5.41, 5.74) is 4.52. The monoisotopic (exact) mass is 516 g/mol. The lowest BCUT2D eigenvalue weighted by atomic mass is 9.73. The number of nitrogens with zero attached hydrogens (tertiary/aromatic N) is 2. The summed E-state index contributed by atoms with van der Waals surface area (Å²) in [6.45, 7) is 7.42. The van der Waals surface area contributed by atoms with Crippen molar-refractivity contribution in [3.63, 3.8) is 0 Å². The van der Waals surface area contributed by atoms with Crippen LogP contribution >= 0.6 is 0 Å². The third-order valence-corrected chi connectivity index (χ3v) is 8.02. The number of anilines is 1. The molecule has 1 spiro atoms. The highest BCUT2D eigenvalue weighted by Gasteiger charge is 2.42. The van der Waals surface area contributed by atoms with E-state index in [4.69, 9.17) is 0 Å². The van der Waals surface area contributed by atoms with Crippen LogP contribution in [0.4, 0.5) is 23.2 Å². The van der Waals surface area contributed by atoms with Crippen molar-refractivity contribution in [1.82, 2.24) is 15.2 Å². The van der Waals surface area contributed by atoms with Crippen LogP contribution in [-0.4, -0.2) is 54.6 Å². The largest absolute Gasteiger partial charge is 0.370 e. The zero-order chi connectivity index (χ0) is 26.2. The van der Waals surface area contributed by atoms with E-state index < -0.39 is 17.6 Å². The van der Waals surface area contributed by atoms with E-state index in [1.165, 1.54) is 42.3 Å². The fourth-order valence-electron chi connectivity index (χ4n) is 6.15. The minimum absolute atomic E-state index is 0.150. The summed E-state index contributed by atoms with van der Waals surface area (Å²) in [6, 6.07) is 12.1. The molecule has 0 saturated carbocycles. The highest BCUT2D eigenvalue weighted by Crippen LogP contribution is 2.42. The summed E-state index contributed by atoms with van der Waals surface area (Å²) < 4.78 is 52.8. The van der Waals surface area contributed by atoms with Crippen molar-refractivity contribution in [1.29, 1.82) is 0 Å². The summed E-state index contributed by atoms with van der Waals surface area (Å²) in [7, 11) is 0. The summed E-state index contributed by atoms with van der Waals surface area (Å²) >= 11 is 0. The summed E-state index contributed by atoms with van der Waals surface area (Å²) in [5, 5.41) is 4.63. The number of alkyl halides is 2. The number of fused-ring (bicyclic) bond motifs is 3. The van der Waals surface area contributed by atoms with Gasteiger partial charge in [0.1, 0.15) is 11.6 Å². The number of para-hydroxylation sites is 1. The Morgan fingerprint density at radius 2 is 1.76 bits per heavy atom. The first-order chi connectivity index (χ1) is 17.6. The molecular weight excluding hydrogens is 480 g/mol. The van der Waals surface area contributed by atoms with Gasteiger partial charge in [-0.15, -0.1) is 0 Å². The van der Waals surface area contributed by atoms with Gasteiger partial charge in [0.2, 0.25) is 0 Å². The molecule has 3 aliphatic rings. The average molecular weight is 517 g/mol. The molecule has 0 bridgehead atoms. The van der Waals surface area contributed by atoms with Gasteiger partial charge < -0.3 is 15.2 Å². The Bertz CT molecular complexity index is 1200. The number of nitrogens with one attached hydrogen (secondary N) is 2. The molecule has 6 rings (SSSR count). The molecule has 4 nitrogen and oxygen atoms in total. The fourth-order valence-corrected chi connectivity index (χ4v) is 6.15. The Morgan fingerprint density at radius 3 is 2.49 bits per heavy atom. The normalized spacial score (nSPS) is 21.7. The van der Waals surface area contributed by atoms with Crippen LogP contribution in [0.5, 0.6) is 0 Å². The molecule has 200 valence electrons. The van der Waals surface area contributed by atoms with Gasteiger partial charge in [0, 0.05) is 66.4 Å². The lowest BCUT2D eigenvalue weighted by Crippen LogP contribution is -2.56. The van der Waals surface area contributed by atoms with Gasteiger partial charge in [-0.2, -0.15) is 0 Å². The number of aromatic nitrogens is 1. The van der Waals surface area contributed by atoms with Crippen molar-refractivity contribution in [2.75, 3.05) is 37.6 Å². The molecule has 2 N–H and O–H groups in total. The molecular formula is C29H36F4N4. The molecule has 1 atom stereocenters. The van der Waals surface area contributed by atoms with Crippen molar-refractivity contribution in [2.45, 2.75) is 58.0 Å². The maximum atomic E-state index is 13.2. The number of aromatic amines is 1. The second-order valence-electron chi connectivity index (χ2n) is 11.2. The fraction of sp³-hybridized carbons (Fsp3) is 0.517. The van der Waals surface area contributed by atoms with Crippen LogP contribution in [0.3, 0.4) is 0 Å². The van der Waals surface area contributed by atoms with Crippen molar-refractivity contribution in [3.8, 4) is 0 Å². The molecule has 1 aromatic heterocycles. The highest BCUT2D eigenvalue weighted by atomic mass is 19.3. The van der Waals surface area contributed by atoms with Crippen LogP contribution in [-0.2, 0) is 13.0 Å². The second-order valence-corrected chi connectivity index (χ2v) is 11.2. The number of rotatable bonds is 3. The quantitative estimate of drug-likeness (QED) is 0.412. The van der Waals surface area contributed by atoms with E-state index in [2.05, 4.69) is 21.3 Å². The van der Waals surface area contributed by atoms with Crippen molar-refractivity contribution >= 4 is 16.6 Å². The van der Waals surface area contributed by atoms with Gasteiger partial charge in [-0.25, -0.2) is 17.6 Å². The minimum atomic E-state index is -2.64. The van der Waals surface area contributed by atoms with E-state index in [-0.39, 0.29) is 12.6 Å². The maximum absolute atomic E-state index is 13.2. The summed E-state index contributed by atoms with van der Waals surface area (Å²) in [6.07, 6.45) is 4.41. The molecule has 0 radical (unpaired) electrons. The Balaban J connectivity index is 0.000000152. The first kappa shape index (κ1) is 26.0. The van der Waals surface area contributed by atoms with Gasteiger partial charge in [0.05, 0.1) is 6.54 Å². The first-order valence-corrected chi connectivity index (χ1v) is 13.2. The molecule has 2 aromatic carbocycles. The Morgan fingerprint density at radius 1 is 1.03 bits per heavy atom.